The first-order valence-electron chi connectivity index (χ1n) is 13.2. The fourth-order valence-corrected chi connectivity index (χ4v) is 7.00. The lowest BCUT2D eigenvalue weighted by Gasteiger charge is -2.31. The molecule has 7 rings (SSSR count). The van der Waals surface area contributed by atoms with Crippen LogP contribution in [0.1, 0.15) is 50.9 Å². The molecule has 2 aromatic heterocycles. The van der Waals surface area contributed by atoms with Gasteiger partial charge < -0.3 is 14.8 Å². The van der Waals surface area contributed by atoms with Crippen LogP contribution in [-0.4, -0.2) is 44.7 Å². The molecule has 0 spiro atoms. The number of hydrogen-bond donors (Lipinski definition) is 1. The van der Waals surface area contributed by atoms with Crippen molar-refractivity contribution in [2.24, 2.45) is 0 Å². The number of amides is 2. The molecule has 5 aromatic rings. The molecular formula is C31H28N4O2S. The Morgan fingerprint density at radius 2 is 1.66 bits per heavy atom. The molecule has 0 aliphatic carbocycles. The number of rotatable bonds is 4. The van der Waals surface area contributed by atoms with E-state index >= 15 is 0 Å². The third-order valence-electron chi connectivity index (χ3n) is 8.04. The van der Waals surface area contributed by atoms with Crippen LogP contribution in [0.15, 0.2) is 72.2 Å². The molecule has 1 saturated heterocycles. The highest BCUT2D eigenvalue weighted by Crippen LogP contribution is 2.33. The van der Waals surface area contributed by atoms with E-state index in [-0.39, 0.29) is 17.7 Å². The number of carbonyl (C=O) groups is 2. The Kier molecular flexibility index (Phi) is 5.73. The normalized spacial score (nSPS) is 15.9. The molecule has 0 saturated carbocycles. The van der Waals surface area contributed by atoms with Gasteiger partial charge in [-0.25, -0.2) is 4.98 Å². The topological polar surface area (TPSA) is 69.3 Å². The Hall–Kier alpha value is -3.97. The number of thiazole rings is 1. The molecule has 2 amide bonds. The molecule has 0 atom stereocenters. The van der Waals surface area contributed by atoms with Crippen LogP contribution in [0.25, 0.3) is 21.7 Å². The fraction of sp³-hybridized carbons (Fsp3) is 0.258. The smallest absolute Gasteiger partial charge is 0.273 e. The predicted octanol–water partition coefficient (Wildman–Crippen LogP) is 5.88. The van der Waals surface area contributed by atoms with E-state index in [1.165, 1.54) is 21.9 Å². The van der Waals surface area contributed by atoms with Crippen molar-refractivity contribution in [3.8, 4) is 0 Å². The molecule has 3 aromatic carbocycles. The zero-order chi connectivity index (χ0) is 25.6. The summed E-state index contributed by atoms with van der Waals surface area (Å²) in [4.78, 5) is 38.4. The van der Waals surface area contributed by atoms with Gasteiger partial charge in [-0.2, -0.15) is 0 Å². The highest BCUT2D eigenvalue weighted by atomic mass is 32.1. The highest BCUT2D eigenvalue weighted by Gasteiger charge is 2.29. The number of nitrogens with zero attached hydrogens (tertiary/aromatic N) is 3. The van der Waals surface area contributed by atoms with Crippen molar-refractivity contribution in [3.63, 3.8) is 0 Å². The molecule has 38 heavy (non-hydrogen) atoms. The number of aromatic amines is 1. The van der Waals surface area contributed by atoms with Crippen LogP contribution in [0.2, 0.25) is 0 Å². The zero-order valence-electron chi connectivity index (χ0n) is 21.0. The van der Waals surface area contributed by atoms with Crippen molar-refractivity contribution < 1.29 is 9.59 Å². The number of carbonyl (C=O) groups excluding carboxylic acids is 2. The quantitative estimate of drug-likeness (QED) is 0.322. The molecule has 7 heteroatoms. The van der Waals surface area contributed by atoms with Gasteiger partial charge in [0.2, 0.25) is 5.91 Å². The lowest BCUT2D eigenvalue weighted by molar-refractivity contribution is -0.131. The maximum atomic E-state index is 13.4. The van der Waals surface area contributed by atoms with Crippen molar-refractivity contribution in [2.45, 2.75) is 38.3 Å². The van der Waals surface area contributed by atoms with E-state index in [0.717, 1.165) is 47.4 Å². The third-order valence-corrected chi connectivity index (χ3v) is 9.05. The first-order valence-corrected chi connectivity index (χ1v) is 14.1. The summed E-state index contributed by atoms with van der Waals surface area (Å²) in [5.41, 5.74) is 5.03. The van der Waals surface area contributed by atoms with Gasteiger partial charge in [0.05, 0.1) is 11.4 Å². The van der Waals surface area contributed by atoms with Crippen LogP contribution >= 0.6 is 11.3 Å². The van der Waals surface area contributed by atoms with E-state index in [1.807, 2.05) is 39.6 Å². The zero-order valence-corrected chi connectivity index (χ0v) is 21.8. The minimum atomic E-state index is -0.00894. The fourth-order valence-electron chi connectivity index (χ4n) is 6.04. The number of fused-ring (bicyclic) bond motifs is 1. The number of benzene rings is 3. The van der Waals surface area contributed by atoms with Crippen LogP contribution in [-0.2, 0) is 24.3 Å². The number of aromatic nitrogens is 2. The summed E-state index contributed by atoms with van der Waals surface area (Å²) in [7, 11) is 0. The minimum Gasteiger partial charge on any atom is -0.361 e. The lowest BCUT2D eigenvalue weighted by atomic mass is 9.95. The van der Waals surface area contributed by atoms with E-state index < -0.39 is 0 Å². The summed E-state index contributed by atoms with van der Waals surface area (Å²) in [5.74, 6) is 0.448. The number of hydrogen-bond acceptors (Lipinski definition) is 4. The second-order valence-electron chi connectivity index (χ2n) is 10.4. The van der Waals surface area contributed by atoms with Gasteiger partial charge in [-0.05, 0) is 46.4 Å². The SMILES string of the molecule is O=C(Cc1c[nH]c2ccccc12)N1CCC(c2nc(C(=O)N3Cc4cccc5cccc(c45)C3)cs2)CC1. The first-order chi connectivity index (χ1) is 18.6. The van der Waals surface area contributed by atoms with Crippen LogP contribution in [0.3, 0.4) is 0 Å². The van der Waals surface area contributed by atoms with Crippen molar-refractivity contribution in [1.29, 1.82) is 0 Å². The van der Waals surface area contributed by atoms with Crippen LogP contribution in [0, 0.1) is 0 Å². The van der Waals surface area contributed by atoms with E-state index in [9.17, 15) is 9.59 Å². The lowest BCUT2D eigenvalue weighted by Crippen LogP contribution is -2.38. The second-order valence-corrected chi connectivity index (χ2v) is 11.2. The molecule has 2 aliphatic rings. The Labute approximate surface area is 224 Å². The number of para-hydroxylation sites is 1. The average Bonchev–Trinajstić information content (AvgIpc) is 3.61. The molecule has 2 aliphatic heterocycles. The molecule has 6 nitrogen and oxygen atoms in total. The van der Waals surface area contributed by atoms with Gasteiger partial charge in [0.15, 0.2) is 0 Å². The molecule has 0 unspecified atom stereocenters. The third kappa shape index (κ3) is 4.07. The summed E-state index contributed by atoms with van der Waals surface area (Å²) in [6, 6.07) is 20.7. The Morgan fingerprint density at radius 3 is 2.42 bits per heavy atom. The average molecular weight is 521 g/mol. The molecule has 1 N–H and O–H groups in total. The molecule has 1 fully saturated rings. The van der Waals surface area contributed by atoms with Gasteiger partial charge in [-0.3, -0.25) is 9.59 Å². The number of H-pyrrole nitrogens is 1. The maximum Gasteiger partial charge on any atom is 0.273 e. The first kappa shape index (κ1) is 23.2. The van der Waals surface area contributed by atoms with Gasteiger partial charge in [0.25, 0.3) is 5.91 Å². The summed E-state index contributed by atoms with van der Waals surface area (Å²) < 4.78 is 0. The van der Waals surface area contributed by atoms with Gasteiger partial charge in [-0.1, -0.05) is 54.6 Å². The molecule has 4 heterocycles. The Bertz CT molecular complexity index is 1640. The van der Waals surface area contributed by atoms with E-state index in [0.29, 0.717) is 25.2 Å². The second kappa shape index (κ2) is 9.40. The number of likely N-dealkylation sites (tertiary alicyclic amines) is 1. The Morgan fingerprint density at radius 1 is 0.921 bits per heavy atom. The molecule has 0 bridgehead atoms. The van der Waals surface area contributed by atoms with Crippen LogP contribution in [0.4, 0.5) is 0 Å². The minimum absolute atomic E-state index is 0.00894. The van der Waals surface area contributed by atoms with E-state index in [1.54, 1.807) is 11.3 Å². The van der Waals surface area contributed by atoms with E-state index in [4.69, 9.17) is 4.98 Å². The predicted molar refractivity (Wildman–Crippen MR) is 150 cm³/mol. The summed E-state index contributed by atoms with van der Waals surface area (Å²) in [6.07, 6.45) is 4.11. The summed E-state index contributed by atoms with van der Waals surface area (Å²) >= 11 is 1.58. The van der Waals surface area contributed by atoms with Crippen molar-refractivity contribution in [1.82, 2.24) is 19.8 Å². The van der Waals surface area contributed by atoms with Gasteiger partial charge in [0, 0.05) is 54.6 Å². The standard InChI is InChI=1S/C31H28N4O2S/c36-28(15-24-16-32-26-10-2-1-9-25(24)26)34-13-11-21(12-14-34)30-33-27(19-38-30)31(37)35-17-22-7-3-5-20-6-4-8-23(18-35)29(20)22/h1-10,16,19,21,32H,11-15,17-18H2. The molecule has 190 valence electrons. The van der Waals surface area contributed by atoms with Gasteiger partial charge in [0.1, 0.15) is 5.69 Å². The molecular weight excluding hydrogens is 492 g/mol. The van der Waals surface area contributed by atoms with Crippen molar-refractivity contribution in [2.75, 3.05) is 13.1 Å². The number of piperidine rings is 1. The largest absolute Gasteiger partial charge is 0.361 e. The Balaban J connectivity index is 0.992. The van der Waals surface area contributed by atoms with E-state index in [2.05, 4.69) is 47.4 Å². The summed E-state index contributed by atoms with van der Waals surface area (Å²) in [6.45, 7) is 2.66. The van der Waals surface area contributed by atoms with Crippen LogP contribution < -0.4 is 0 Å². The summed E-state index contributed by atoms with van der Waals surface area (Å²) in [5, 5.41) is 6.55. The van der Waals surface area contributed by atoms with Crippen molar-refractivity contribution in [3.05, 3.63) is 99.6 Å². The van der Waals surface area contributed by atoms with Crippen LogP contribution in [0.5, 0.6) is 0 Å². The maximum absolute atomic E-state index is 13.4. The van der Waals surface area contributed by atoms with Crippen molar-refractivity contribution >= 4 is 44.8 Å². The number of nitrogens with one attached hydrogen (secondary N) is 1. The highest BCUT2D eigenvalue weighted by molar-refractivity contribution is 7.09. The van der Waals surface area contributed by atoms with Gasteiger partial charge in [-0.15, -0.1) is 11.3 Å². The molecule has 0 radical (unpaired) electrons. The monoisotopic (exact) mass is 520 g/mol. The van der Waals surface area contributed by atoms with Gasteiger partial charge >= 0.3 is 0 Å².